The van der Waals surface area contributed by atoms with E-state index >= 15 is 0 Å². The Morgan fingerprint density at radius 2 is 1.41 bits per heavy atom. The van der Waals surface area contributed by atoms with Crippen molar-refractivity contribution in [3.05, 3.63) is 77.1 Å². The molecule has 0 aliphatic rings. The van der Waals surface area contributed by atoms with Gasteiger partial charge in [-0.15, -0.1) is 0 Å². The fraction of sp³-hybridized carbons (Fsp3) is 0.280. The summed E-state index contributed by atoms with van der Waals surface area (Å²) in [6, 6.07) is 16.9. The van der Waals surface area contributed by atoms with Crippen LogP contribution in [0, 0.1) is 6.92 Å². The summed E-state index contributed by atoms with van der Waals surface area (Å²) in [6.07, 6.45) is 0. The molecule has 0 unspecified atom stereocenters. The molecule has 0 aliphatic heterocycles. The van der Waals surface area contributed by atoms with Gasteiger partial charge < -0.3 is 19.3 Å². The maximum Gasteiger partial charge on any atom is 0.274 e. The van der Waals surface area contributed by atoms with Crippen molar-refractivity contribution in [3.63, 3.8) is 0 Å². The first-order chi connectivity index (χ1) is 15.3. The van der Waals surface area contributed by atoms with Crippen LogP contribution in [-0.2, 0) is 6.61 Å². The highest BCUT2D eigenvalue weighted by atomic mass is 16.5. The van der Waals surface area contributed by atoms with Crippen molar-refractivity contribution in [2.24, 2.45) is 0 Å². The van der Waals surface area contributed by atoms with Gasteiger partial charge in [0, 0.05) is 39.4 Å². The lowest BCUT2D eigenvalue weighted by molar-refractivity contribution is 0.0811. The molecule has 7 nitrogen and oxygen atoms in total. The van der Waals surface area contributed by atoms with Crippen LogP contribution in [0.4, 0.5) is 0 Å². The van der Waals surface area contributed by atoms with E-state index in [4.69, 9.17) is 9.47 Å². The predicted octanol–water partition coefficient (Wildman–Crippen LogP) is 3.78. The summed E-state index contributed by atoms with van der Waals surface area (Å²) in [5.41, 5.74) is 2.93. The van der Waals surface area contributed by atoms with Gasteiger partial charge in [0.2, 0.25) is 0 Å². The van der Waals surface area contributed by atoms with Gasteiger partial charge in [-0.05, 0) is 36.8 Å². The van der Waals surface area contributed by atoms with E-state index in [0.29, 0.717) is 34.1 Å². The van der Waals surface area contributed by atoms with Gasteiger partial charge in [-0.25, -0.2) is 0 Å². The number of nitrogens with zero attached hydrogens (tertiary/aromatic N) is 3. The number of hydrogen-bond acceptors (Lipinski definition) is 4. The normalized spacial score (nSPS) is 10.6. The van der Waals surface area contributed by atoms with E-state index in [1.54, 1.807) is 52.0 Å². The van der Waals surface area contributed by atoms with Gasteiger partial charge in [-0.3, -0.25) is 14.2 Å². The zero-order valence-electron chi connectivity index (χ0n) is 19.4. The fourth-order valence-corrected chi connectivity index (χ4v) is 3.43. The Labute approximate surface area is 188 Å². The molecule has 1 aromatic heterocycles. The topological polar surface area (TPSA) is 64.0 Å². The third-order valence-corrected chi connectivity index (χ3v) is 5.13. The molecule has 168 valence electrons. The van der Waals surface area contributed by atoms with Crippen molar-refractivity contribution in [1.29, 1.82) is 0 Å². The number of hydrogen-bond donors (Lipinski definition) is 0. The molecule has 0 fully saturated rings. The third-order valence-electron chi connectivity index (χ3n) is 5.13. The van der Waals surface area contributed by atoms with Crippen LogP contribution in [-0.4, -0.2) is 61.5 Å². The molecule has 0 saturated heterocycles. The van der Waals surface area contributed by atoms with E-state index in [1.807, 2.05) is 49.4 Å². The SMILES string of the molecule is COc1ccc(-n2c(C(=O)N(C)C)c(C)c(OCc3ccccc3)c2C(=O)N(C)C)cc1. The van der Waals surface area contributed by atoms with Crippen LogP contribution < -0.4 is 9.47 Å². The zero-order chi connectivity index (χ0) is 23.4. The first kappa shape index (κ1) is 22.9. The molecule has 0 atom stereocenters. The van der Waals surface area contributed by atoms with Crippen molar-refractivity contribution in [2.45, 2.75) is 13.5 Å². The molecule has 3 rings (SSSR count). The number of amides is 2. The number of carbonyl (C=O) groups is 2. The molecule has 0 N–H and O–H groups in total. The van der Waals surface area contributed by atoms with Crippen LogP contribution in [0.3, 0.4) is 0 Å². The highest BCUT2D eigenvalue weighted by Gasteiger charge is 2.32. The fourth-order valence-electron chi connectivity index (χ4n) is 3.43. The summed E-state index contributed by atoms with van der Waals surface area (Å²) < 4.78 is 13.1. The minimum atomic E-state index is -0.259. The highest BCUT2D eigenvalue weighted by Crippen LogP contribution is 2.35. The molecule has 0 spiro atoms. The van der Waals surface area contributed by atoms with E-state index in [9.17, 15) is 9.59 Å². The Morgan fingerprint density at radius 1 is 0.844 bits per heavy atom. The molecular weight excluding hydrogens is 406 g/mol. The summed E-state index contributed by atoms with van der Waals surface area (Å²) in [5, 5.41) is 0. The molecule has 0 saturated carbocycles. The van der Waals surface area contributed by atoms with E-state index in [2.05, 4.69) is 0 Å². The summed E-state index contributed by atoms with van der Waals surface area (Å²) >= 11 is 0. The van der Waals surface area contributed by atoms with Gasteiger partial charge in [0.25, 0.3) is 11.8 Å². The lowest BCUT2D eigenvalue weighted by Crippen LogP contribution is -2.28. The zero-order valence-corrected chi connectivity index (χ0v) is 19.4. The lowest BCUT2D eigenvalue weighted by atomic mass is 10.2. The average Bonchev–Trinajstić information content (AvgIpc) is 3.08. The Balaban J connectivity index is 2.25. The number of benzene rings is 2. The molecule has 1 heterocycles. The molecule has 3 aromatic rings. The number of carbonyl (C=O) groups excluding carboxylic acids is 2. The lowest BCUT2D eigenvalue weighted by Gasteiger charge is -2.18. The van der Waals surface area contributed by atoms with Crippen molar-refractivity contribution < 1.29 is 19.1 Å². The van der Waals surface area contributed by atoms with E-state index in [1.165, 1.54) is 9.80 Å². The van der Waals surface area contributed by atoms with Crippen LogP contribution in [0.25, 0.3) is 5.69 Å². The highest BCUT2D eigenvalue weighted by molar-refractivity contribution is 6.02. The summed E-state index contributed by atoms with van der Waals surface area (Å²) in [5.74, 6) is 0.596. The maximum atomic E-state index is 13.3. The Kier molecular flexibility index (Phi) is 6.88. The number of aromatic nitrogens is 1. The Bertz CT molecular complexity index is 1100. The van der Waals surface area contributed by atoms with Crippen molar-refractivity contribution in [3.8, 4) is 17.2 Å². The van der Waals surface area contributed by atoms with Gasteiger partial charge in [-0.1, -0.05) is 30.3 Å². The van der Waals surface area contributed by atoms with E-state index in [-0.39, 0.29) is 18.4 Å². The second-order valence-corrected chi connectivity index (χ2v) is 7.86. The van der Waals surface area contributed by atoms with Crippen molar-refractivity contribution in [2.75, 3.05) is 35.3 Å². The predicted molar refractivity (Wildman–Crippen MR) is 124 cm³/mol. The van der Waals surface area contributed by atoms with Gasteiger partial charge in [0.05, 0.1) is 7.11 Å². The molecule has 0 aliphatic carbocycles. The standard InChI is InChI=1S/C25H29N3O4/c1-17-21(24(29)26(2)3)28(19-12-14-20(31-6)15-13-19)22(25(30)27(4)5)23(17)32-16-18-10-8-7-9-11-18/h7-15H,16H2,1-6H3. The minimum absolute atomic E-state index is 0.222. The quantitative estimate of drug-likeness (QED) is 0.567. The van der Waals surface area contributed by atoms with Crippen molar-refractivity contribution in [1.82, 2.24) is 14.4 Å². The molecule has 2 aromatic carbocycles. The van der Waals surface area contributed by atoms with Gasteiger partial charge in [0.1, 0.15) is 18.1 Å². The minimum Gasteiger partial charge on any atom is -0.497 e. The summed E-state index contributed by atoms with van der Waals surface area (Å²) in [4.78, 5) is 29.5. The third kappa shape index (κ3) is 4.46. The van der Waals surface area contributed by atoms with Crippen LogP contribution in [0.2, 0.25) is 0 Å². The van der Waals surface area contributed by atoms with E-state index in [0.717, 1.165) is 5.56 Å². The maximum absolute atomic E-state index is 13.3. The van der Waals surface area contributed by atoms with Gasteiger partial charge >= 0.3 is 0 Å². The average molecular weight is 436 g/mol. The number of rotatable bonds is 7. The van der Waals surface area contributed by atoms with Gasteiger partial charge in [0.15, 0.2) is 11.4 Å². The Morgan fingerprint density at radius 3 is 1.94 bits per heavy atom. The first-order valence-corrected chi connectivity index (χ1v) is 10.3. The molecule has 7 heteroatoms. The summed E-state index contributed by atoms with van der Waals surface area (Å²) in [7, 11) is 8.32. The van der Waals surface area contributed by atoms with Crippen LogP contribution in [0.15, 0.2) is 54.6 Å². The van der Waals surface area contributed by atoms with Crippen molar-refractivity contribution >= 4 is 11.8 Å². The number of ether oxygens (including phenoxy) is 2. The molecule has 0 radical (unpaired) electrons. The smallest absolute Gasteiger partial charge is 0.274 e. The molecular formula is C25H29N3O4. The van der Waals surface area contributed by atoms with E-state index < -0.39 is 0 Å². The van der Waals surface area contributed by atoms with Crippen LogP contribution >= 0.6 is 0 Å². The van der Waals surface area contributed by atoms with Gasteiger partial charge in [-0.2, -0.15) is 0 Å². The largest absolute Gasteiger partial charge is 0.497 e. The monoisotopic (exact) mass is 435 g/mol. The molecule has 32 heavy (non-hydrogen) atoms. The second-order valence-electron chi connectivity index (χ2n) is 7.86. The second kappa shape index (κ2) is 9.60. The van der Waals surface area contributed by atoms with Crippen LogP contribution in [0.5, 0.6) is 11.5 Å². The number of methoxy groups -OCH3 is 1. The van der Waals surface area contributed by atoms with Crippen LogP contribution in [0.1, 0.15) is 32.1 Å². The molecule has 2 amide bonds. The molecule has 0 bridgehead atoms. The Hall–Kier alpha value is -3.74. The first-order valence-electron chi connectivity index (χ1n) is 10.3. The summed E-state index contributed by atoms with van der Waals surface area (Å²) in [6.45, 7) is 2.08.